The van der Waals surface area contributed by atoms with Crippen molar-refractivity contribution in [2.24, 2.45) is 11.8 Å². The molecule has 1 aromatic heterocycles. The minimum atomic E-state index is 0.405. The van der Waals surface area contributed by atoms with E-state index in [1.54, 1.807) is 0 Å². The molecule has 0 amide bonds. The molecule has 0 N–H and O–H groups in total. The molecule has 2 heterocycles. The van der Waals surface area contributed by atoms with E-state index in [0.29, 0.717) is 5.92 Å². The van der Waals surface area contributed by atoms with Crippen molar-refractivity contribution in [3.8, 4) is 0 Å². The summed E-state index contributed by atoms with van der Waals surface area (Å²) >= 11 is 0. The first-order valence-corrected chi connectivity index (χ1v) is 7.76. The average Bonchev–Trinajstić information content (AvgIpc) is 2.77. The van der Waals surface area contributed by atoms with Crippen LogP contribution in [0, 0.1) is 11.8 Å². The Hall–Kier alpha value is -1.12. The number of hydrogen-bond donors (Lipinski definition) is 0. The molecule has 0 spiro atoms. The SMILES string of the molecule is CC(C)c1nccc(N2CC(C)C3CCCCC32)n1. The minimum Gasteiger partial charge on any atom is -0.353 e. The fraction of sp³-hybridized carbons (Fsp3) is 0.750. The Morgan fingerprint density at radius 2 is 2.05 bits per heavy atom. The van der Waals surface area contributed by atoms with Gasteiger partial charge >= 0.3 is 0 Å². The van der Waals surface area contributed by atoms with Crippen LogP contribution in [0.2, 0.25) is 0 Å². The third-order valence-electron chi connectivity index (χ3n) is 4.87. The zero-order chi connectivity index (χ0) is 13.4. The van der Waals surface area contributed by atoms with E-state index in [0.717, 1.165) is 29.5 Å². The largest absolute Gasteiger partial charge is 0.353 e. The van der Waals surface area contributed by atoms with Gasteiger partial charge in [-0.1, -0.05) is 33.6 Å². The lowest BCUT2D eigenvalue weighted by Gasteiger charge is -2.32. The Kier molecular flexibility index (Phi) is 3.46. The quantitative estimate of drug-likeness (QED) is 0.812. The maximum absolute atomic E-state index is 4.79. The first-order chi connectivity index (χ1) is 9.16. The molecule has 1 saturated heterocycles. The van der Waals surface area contributed by atoms with Crippen molar-refractivity contribution in [1.29, 1.82) is 0 Å². The third kappa shape index (κ3) is 2.35. The summed E-state index contributed by atoms with van der Waals surface area (Å²) in [6.45, 7) is 7.90. The highest BCUT2D eigenvalue weighted by atomic mass is 15.2. The normalized spacial score (nSPS) is 30.7. The van der Waals surface area contributed by atoms with Gasteiger partial charge in [-0.3, -0.25) is 0 Å². The van der Waals surface area contributed by atoms with Crippen LogP contribution in [0.25, 0.3) is 0 Å². The van der Waals surface area contributed by atoms with E-state index >= 15 is 0 Å². The maximum Gasteiger partial charge on any atom is 0.133 e. The van der Waals surface area contributed by atoms with Crippen LogP contribution >= 0.6 is 0 Å². The molecule has 1 aliphatic heterocycles. The van der Waals surface area contributed by atoms with Gasteiger partial charge < -0.3 is 4.90 Å². The highest BCUT2D eigenvalue weighted by Gasteiger charge is 2.41. The Bertz CT molecular complexity index is 443. The molecule has 2 aliphatic rings. The van der Waals surface area contributed by atoms with Gasteiger partial charge in [-0.15, -0.1) is 0 Å². The summed E-state index contributed by atoms with van der Waals surface area (Å²) < 4.78 is 0. The van der Waals surface area contributed by atoms with E-state index in [-0.39, 0.29) is 0 Å². The van der Waals surface area contributed by atoms with Gasteiger partial charge in [0.05, 0.1) is 0 Å². The van der Waals surface area contributed by atoms with Gasteiger partial charge in [0.25, 0.3) is 0 Å². The summed E-state index contributed by atoms with van der Waals surface area (Å²) in [6.07, 6.45) is 7.48. The second-order valence-corrected chi connectivity index (χ2v) is 6.57. The first kappa shape index (κ1) is 12.9. The van der Waals surface area contributed by atoms with E-state index in [2.05, 4.69) is 36.7 Å². The van der Waals surface area contributed by atoms with Crippen LogP contribution in [0.5, 0.6) is 0 Å². The monoisotopic (exact) mass is 259 g/mol. The smallest absolute Gasteiger partial charge is 0.133 e. The standard InChI is InChI=1S/C16H25N3/c1-11(2)16-17-9-8-15(18-16)19-10-12(3)13-6-4-5-7-14(13)19/h8-9,11-14H,4-7,10H2,1-3H3. The topological polar surface area (TPSA) is 29.0 Å². The number of rotatable bonds is 2. The zero-order valence-electron chi connectivity index (χ0n) is 12.3. The van der Waals surface area contributed by atoms with Crippen molar-refractivity contribution in [3.63, 3.8) is 0 Å². The van der Waals surface area contributed by atoms with Gasteiger partial charge in [0, 0.05) is 24.7 Å². The molecule has 3 heteroatoms. The van der Waals surface area contributed by atoms with Gasteiger partial charge in [-0.25, -0.2) is 9.97 Å². The van der Waals surface area contributed by atoms with Crippen LogP contribution in [0.4, 0.5) is 5.82 Å². The van der Waals surface area contributed by atoms with E-state index in [1.165, 1.54) is 32.2 Å². The lowest BCUT2D eigenvalue weighted by molar-refractivity contribution is 0.293. The summed E-state index contributed by atoms with van der Waals surface area (Å²) in [4.78, 5) is 11.7. The van der Waals surface area contributed by atoms with Crippen LogP contribution in [0.3, 0.4) is 0 Å². The first-order valence-electron chi connectivity index (χ1n) is 7.76. The molecule has 1 aliphatic carbocycles. The molecular weight excluding hydrogens is 234 g/mol. The van der Waals surface area contributed by atoms with Crippen molar-refractivity contribution >= 4 is 5.82 Å². The fourth-order valence-electron chi connectivity index (χ4n) is 3.84. The Morgan fingerprint density at radius 1 is 1.26 bits per heavy atom. The molecule has 1 saturated carbocycles. The van der Waals surface area contributed by atoms with Crippen LogP contribution in [0.1, 0.15) is 58.2 Å². The van der Waals surface area contributed by atoms with Crippen LogP contribution in [-0.2, 0) is 0 Å². The van der Waals surface area contributed by atoms with Crippen molar-refractivity contribution in [1.82, 2.24) is 9.97 Å². The van der Waals surface area contributed by atoms with E-state index in [1.807, 2.05) is 6.20 Å². The number of aromatic nitrogens is 2. The highest BCUT2D eigenvalue weighted by molar-refractivity contribution is 5.41. The molecule has 19 heavy (non-hydrogen) atoms. The fourth-order valence-corrected chi connectivity index (χ4v) is 3.84. The summed E-state index contributed by atoms with van der Waals surface area (Å²) in [7, 11) is 0. The molecule has 3 unspecified atom stereocenters. The lowest BCUT2D eigenvalue weighted by atomic mass is 9.80. The Labute approximate surface area is 116 Å². The number of fused-ring (bicyclic) bond motifs is 1. The second kappa shape index (κ2) is 5.10. The molecule has 0 aromatic carbocycles. The predicted octanol–water partition coefficient (Wildman–Crippen LogP) is 3.61. The number of nitrogens with zero attached hydrogens (tertiary/aromatic N) is 3. The third-order valence-corrected chi connectivity index (χ3v) is 4.87. The predicted molar refractivity (Wildman–Crippen MR) is 78.4 cm³/mol. The molecule has 2 fully saturated rings. The number of hydrogen-bond acceptors (Lipinski definition) is 3. The summed E-state index contributed by atoms with van der Waals surface area (Å²) in [5, 5.41) is 0. The van der Waals surface area contributed by atoms with Gasteiger partial charge in [0.1, 0.15) is 11.6 Å². The molecular formula is C16H25N3. The van der Waals surface area contributed by atoms with Gasteiger partial charge in [0.15, 0.2) is 0 Å². The van der Waals surface area contributed by atoms with Crippen LogP contribution in [0.15, 0.2) is 12.3 Å². The number of anilines is 1. The average molecular weight is 259 g/mol. The van der Waals surface area contributed by atoms with Gasteiger partial charge in [-0.05, 0) is 30.7 Å². The molecule has 0 radical (unpaired) electrons. The summed E-state index contributed by atoms with van der Waals surface area (Å²) in [5.41, 5.74) is 0. The molecule has 104 valence electrons. The van der Waals surface area contributed by atoms with E-state index in [9.17, 15) is 0 Å². The summed E-state index contributed by atoms with van der Waals surface area (Å²) in [5.74, 6) is 4.22. The highest BCUT2D eigenvalue weighted by Crippen LogP contribution is 2.41. The second-order valence-electron chi connectivity index (χ2n) is 6.57. The summed E-state index contributed by atoms with van der Waals surface area (Å²) in [6, 6.07) is 2.81. The van der Waals surface area contributed by atoms with Crippen LogP contribution < -0.4 is 4.90 Å². The van der Waals surface area contributed by atoms with E-state index < -0.39 is 0 Å². The molecule has 0 bridgehead atoms. The molecule has 1 aromatic rings. The van der Waals surface area contributed by atoms with E-state index in [4.69, 9.17) is 4.98 Å². The van der Waals surface area contributed by atoms with Crippen molar-refractivity contribution < 1.29 is 0 Å². The maximum atomic E-state index is 4.79. The minimum absolute atomic E-state index is 0.405. The Balaban J connectivity index is 1.87. The van der Waals surface area contributed by atoms with Crippen molar-refractivity contribution in [2.75, 3.05) is 11.4 Å². The van der Waals surface area contributed by atoms with Crippen LogP contribution in [-0.4, -0.2) is 22.6 Å². The molecule has 3 rings (SSSR count). The Morgan fingerprint density at radius 3 is 2.84 bits per heavy atom. The van der Waals surface area contributed by atoms with Crippen molar-refractivity contribution in [3.05, 3.63) is 18.1 Å². The molecule has 3 atom stereocenters. The van der Waals surface area contributed by atoms with Crippen molar-refractivity contribution in [2.45, 2.75) is 58.4 Å². The molecule has 3 nitrogen and oxygen atoms in total. The zero-order valence-corrected chi connectivity index (χ0v) is 12.3. The van der Waals surface area contributed by atoms with Gasteiger partial charge in [-0.2, -0.15) is 0 Å². The lowest BCUT2D eigenvalue weighted by Crippen LogP contribution is -2.35. The van der Waals surface area contributed by atoms with Gasteiger partial charge in [0.2, 0.25) is 0 Å².